The van der Waals surface area contributed by atoms with E-state index in [2.05, 4.69) is 19.7 Å². The van der Waals surface area contributed by atoms with E-state index in [1.807, 2.05) is 24.3 Å². The fourth-order valence-electron chi connectivity index (χ4n) is 9.47. The zero-order chi connectivity index (χ0) is 60.2. The topological polar surface area (TPSA) is 231 Å². The van der Waals surface area contributed by atoms with E-state index in [4.69, 9.17) is 52.7 Å². The monoisotopic (exact) mass is 1180 g/mol. The van der Waals surface area contributed by atoms with Crippen LogP contribution in [0.4, 0.5) is 5.13 Å². The van der Waals surface area contributed by atoms with Crippen molar-refractivity contribution in [3.05, 3.63) is 135 Å². The van der Waals surface area contributed by atoms with Crippen molar-refractivity contribution in [2.75, 3.05) is 44.6 Å². The summed E-state index contributed by atoms with van der Waals surface area (Å²) >= 11 is 1.38. The number of rotatable bonds is 33. The molecule has 0 radical (unpaired) electrons. The number of nitrogens with zero attached hydrogens (tertiary/aromatic N) is 3. The summed E-state index contributed by atoms with van der Waals surface area (Å²) in [5.41, 5.74) is 1.04. The molecule has 20 heteroatoms. The predicted molar refractivity (Wildman–Crippen MR) is 319 cm³/mol. The summed E-state index contributed by atoms with van der Waals surface area (Å²) in [6, 6.07) is 25.9. The van der Waals surface area contributed by atoms with Gasteiger partial charge in [0.05, 0.1) is 73.1 Å². The number of aromatic nitrogens is 1. The SMILES string of the molecule is C=CC(=O)OCCCCCCOc1ccc(OC(=O)C2CCC(C(=O)Oc3ccc(OC(=O)[C@H]4CC[C@H](C(=O)Oc5ccc(OCCCCCCOC(=O)C=C)cc5)CC4)c(/C=N/N(CCOC(=O)C=C)c4nc5ccccc5s4)c3)CC2)cc1. The molecule has 0 aliphatic heterocycles. The first-order chi connectivity index (χ1) is 41.4. The molecule has 7 rings (SSSR count). The number of anilines is 1. The molecule has 1 heterocycles. The van der Waals surface area contributed by atoms with Gasteiger partial charge < -0.3 is 42.6 Å². The van der Waals surface area contributed by atoms with Crippen molar-refractivity contribution < 1.29 is 76.2 Å². The Bertz CT molecular complexity index is 3050. The second-order valence-corrected chi connectivity index (χ2v) is 21.4. The van der Waals surface area contributed by atoms with Gasteiger partial charge in [0.25, 0.3) is 0 Å². The Morgan fingerprint density at radius 2 is 0.882 bits per heavy atom. The highest BCUT2D eigenvalue weighted by Crippen LogP contribution is 2.36. The number of para-hydroxylation sites is 1. The maximum Gasteiger partial charge on any atom is 0.330 e. The summed E-state index contributed by atoms with van der Waals surface area (Å²) < 4.78 is 51.3. The number of unbranched alkanes of at least 4 members (excludes halogenated alkanes) is 6. The van der Waals surface area contributed by atoms with Gasteiger partial charge in [0.1, 0.15) is 41.1 Å². The molecule has 450 valence electrons. The molecule has 5 aromatic rings. The van der Waals surface area contributed by atoms with Crippen molar-refractivity contribution >= 4 is 74.7 Å². The number of thiazole rings is 1. The molecule has 0 atom stereocenters. The number of carbonyl (C=O) groups excluding carboxylic acids is 7. The number of hydrogen-bond donors (Lipinski definition) is 0. The van der Waals surface area contributed by atoms with Gasteiger partial charge in [0, 0.05) is 23.8 Å². The van der Waals surface area contributed by atoms with Gasteiger partial charge in [-0.2, -0.15) is 5.10 Å². The highest BCUT2D eigenvalue weighted by molar-refractivity contribution is 7.22. The number of ether oxygens (including phenoxy) is 9. The van der Waals surface area contributed by atoms with Gasteiger partial charge in [-0.05, 0) is 182 Å². The van der Waals surface area contributed by atoms with E-state index in [1.54, 1.807) is 59.6 Å². The molecule has 2 aliphatic rings. The fraction of sp³-hybridized carbons (Fsp3) is 0.400. The minimum absolute atomic E-state index is 0.0529. The molecular weight excluding hydrogens is 1110 g/mol. The van der Waals surface area contributed by atoms with Gasteiger partial charge >= 0.3 is 41.8 Å². The van der Waals surface area contributed by atoms with Gasteiger partial charge in [-0.15, -0.1) is 0 Å². The third kappa shape index (κ3) is 21.2. The molecule has 2 fully saturated rings. The van der Waals surface area contributed by atoms with Gasteiger partial charge in [0.15, 0.2) is 0 Å². The van der Waals surface area contributed by atoms with Gasteiger partial charge in [0.2, 0.25) is 5.13 Å². The van der Waals surface area contributed by atoms with Crippen molar-refractivity contribution in [3.63, 3.8) is 0 Å². The van der Waals surface area contributed by atoms with E-state index in [0.717, 1.165) is 79.8 Å². The Kier molecular flexibility index (Phi) is 25.7. The molecule has 0 spiro atoms. The molecule has 2 saturated carbocycles. The molecule has 2 aliphatic carbocycles. The van der Waals surface area contributed by atoms with E-state index in [0.29, 0.717) is 111 Å². The molecule has 19 nitrogen and oxygen atoms in total. The molecule has 0 unspecified atom stereocenters. The first kappa shape index (κ1) is 63.9. The maximum atomic E-state index is 13.9. The van der Waals surface area contributed by atoms with Crippen LogP contribution >= 0.6 is 11.3 Å². The van der Waals surface area contributed by atoms with Crippen molar-refractivity contribution in [2.45, 2.75) is 103 Å². The Balaban J connectivity index is 0.920. The molecular formula is C65H73N3O16S. The lowest BCUT2D eigenvalue weighted by molar-refractivity contribution is -0.145. The lowest BCUT2D eigenvalue weighted by atomic mass is 9.82. The van der Waals surface area contributed by atoms with Gasteiger partial charge in [-0.25, -0.2) is 24.4 Å². The van der Waals surface area contributed by atoms with Gasteiger partial charge in [-0.3, -0.25) is 19.2 Å². The number of esters is 7. The van der Waals surface area contributed by atoms with Crippen LogP contribution in [0.15, 0.2) is 134 Å². The summed E-state index contributed by atoms with van der Waals surface area (Å²) in [6.45, 7) is 12.0. The van der Waals surface area contributed by atoms with Crippen LogP contribution in [0.3, 0.4) is 0 Å². The van der Waals surface area contributed by atoms with E-state index in [9.17, 15) is 33.6 Å². The van der Waals surface area contributed by atoms with Crippen LogP contribution in [0.25, 0.3) is 10.2 Å². The molecule has 0 saturated heterocycles. The van der Waals surface area contributed by atoms with Gasteiger partial charge in [-0.1, -0.05) is 43.2 Å². The van der Waals surface area contributed by atoms with Crippen molar-refractivity contribution in [1.82, 2.24) is 4.98 Å². The molecule has 85 heavy (non-hydrogen) atoms. The average molecular weight is 1180 g/mol. The Morgan fingerprint density at radius 1 is 0.482 bits per heavy atom. The summed E-state index contributed by atoms with van der Waals surface area (Å²) in [5, 5.41) is 6.80. The number of hydrogen-bond acceptors (Lipinski definition) is 20. The minimum Gasteiger partial charge on any atom is -0.494 e. The van der Waals surface area contributed by atoms with Crippen LogP contribution in [0, 0.1) is 23.7 Å². The predicted octanol–water partition coefficient (Wildman–Crippen LogP) is 11.8. The summed E-state index contributed by atoms with van der Waals surface area (Å²) in [6.07, 6.45) is 14.9. The second-order valence-electron chi connectivity index (χ2n) is 20.4. The zero-order valence-corrected chi connectivity index (χ0v) is 48.6. The van der Waals surface area contributed by atoms with Crippen LogP contribution in [-0.4, -0.2) is 92.6 Å². The fourth-order valence-corrected chi connectivity index (χ4v) is 10.4. The van der Waals surface area contributed by atoms with E-state index in [1.165, 1.54) is 29.7 Å². The van der Waals surface area contributed by atoms with Crippen molar-refractivity contribution in [2.24, 2.45) is 28.8 Å². The first-order valence-electron chi connectivity index (χ1n) is 28.9. The lowest BCUT2D eigenvalue weighted by Gasteiger charge is -2.26. The minimum atomic E-state index is -0.605. The maximum absolute atomic E-state index is 13.9. The Labute approximate surface area is 498 Å². The van der Waals surface area contributed by atoms with Crippen LogP contribution < -0.4 is 33.4 Å². The smallest absolute Gasteiger partial charge is 0.330 e. The summed E-state index contributed by atoms with van der Waals surface area (Å²) in [7, 11) is 0. The molecule has 4 aromatic carbocycles. The molecule has 0 N–H and O–H groups in total. The standard InChI is InChI=1S/C65H73N3O16S/c1-4-58(69)78-40-15-9-7-13-38-76-50-27-31-52(32-28-50)81-61(72)45-19-21-47(22-20-45)63(74)83-54-35-36-56(49(43-54)44-66-68(37-42-80-60(71)6-3)65-67-55-17-11-12-18-57(55)85-65)84-64(75)48-25-23-46(24-26-48)62(73)82-53-33-29-51(30-34-53)77-39-14-8-10-16-41-79-59(70)5-2/h4-6,11-12,17-18,27-36,43-48H,1-3,7-10,13-16,19-26,37-42H2/b66-44+/t45?,46-,47?,48-. The zero-order valence-electron chi connectivity index (χ0n) is 47.7. The third-order valence-electron chi connectivity index (χ3n) is 14.3. The molecule has 0 bridgehead atoms. The average Bonchev–Trinajstić information content (AvgIpc) is 4.08. The van der Waals surface area contributed by atoms with E-state index in [-0.39, 0.29) is 36.6 Å². The second kappa shape index (κ2) is 34.2. The van der Waals surface area contributed by atoms with E-state index >= 15 is 0 Å². The highest BCUT2D eigenvalue weighted by Gasteiger charge is 2.34. The lowest BCUT2D eigenvalue weighted by Crippen LogP contribution is -2.30. The largest absolute Gasteiger partial charge is 0.494 e. The molecule has 1 aromatic heterocycles. The Morgan fingerprint density at radius 3 is 1.34 bits per heavy atom. The normalized spacial score (nSPS) is 16.5. The van der Waals surface area contributed by atoms with E-state index < -0.39 is 53.5 Å². The van der Waals surface area contributed by atoms with Crippen LogP contribution in [0.2, 0.25) is 0 Å². The van der Waals surface area contributed by atoms with Crippen molar-refractivity contribution in [3.8, 4) is 34.5 Å². The highest BCUT2D eigenvalue weighted by atomic mass is 32.1. The number of fused-ring (bicyclic) bond motifs is 1. The van der Waals surface area contributed by atoms with Crippen LogP contribution in [0.5, 0.6) is 34.5 Å². The number of hydrazone groups is 1. The first-order valence-corrected chi connectivity index (χ1v) is 29.7. The summed E-state index contributed by atoms with van der Waals surface area (Å²) in [5.74, 6) is -2.66. The molecule has 0 amide bonds. The quantitative estimate of drug-likeness (QED) is 0.00723. The Hall–Kier alpha value is -8.65. The van der Waals surface area contributed by atoms with Crippen LogP contribution in [-0.2, 0) is 47.8 Å². The third-order valence-corrected chi connectivity index (χ3v) is 15.3. The van der Waals surface area contributed by atoms with Crippen molar-refractivity contribution in [1.29, 1.82) is 0 Å². The van der Waals surface area contributed by atoms with Crippen LogP contribution in [0.1, 0.15) is 108 Å². The summed E-state index contributed by atoms with van der Waals surface area (Å²) in [4.78, 5) is 93.3. The number of benzene rings is 4. The number of carbonyl (C=O) groups is 7.